The number of nitrogens with one attached hydrogen (secondary N) is 2. The fraction of sp³-hybridized carbons (Fsp3) is 0.318. The van der Waals surface area contributed by atoms with Gasteiger partial charge >= 0.3 is 0 Å². The van der Waals surface area contributed by atoms with E-state index in [9.17, 15) is 0 Å². The number of anilines is 5. The van der Waals surface area contributed by atoms with Crippen LogP contribution in [0, 0.1) is 20.8 Å². The topological polar surface area (TPSA) is 66.0 Å². The van der Waals surface area contributed by atoms with E-state index in [2.05, 4.69) is 95.7 Å². The smallest absolute Gasteiger partial charge is 0.249 e. The van der Waals surface area contributed by atoms with Crippen LogP contribution in [0.2, 0.25) is 0 Å². The molecule has 6 nitrogen and oxygen atoms in total. The van der Waals surface area contributed by atoms with E-state index in [-0.39, 0.29) is 0 Å². The normalized spacial score (nSPS) is 10.6. The van der Waals surface area contributed by atoms with Gasteiger partial charge in [0.2, 0.25) is 5.95 Å². The largest absolute Gasteiger partial charge is 0.372 e. The summed E-state index contributed by atoms with van der Waals surface area (Å²) in [5, 5.41) is 14.8. The van der Waals surface area contributed by atoms with Crippen molar-refractivity contribution in [1.82, 2.24) is 15.2 Å². The van der Waals surface area contributed by atoms with E-state index in [1.54, 1.807) is 6.20 Å². The van der Waals surface area contributed by atoms with Gasteiger partial charge in [0.05, 0.1) is 6.20 Å². The van der Waals surface area contributed by atoms with Crippen LogP contribution in [0.1, 0.15) is 30.5 Å². The molecule has 0 spiro atoms. The van der Waals surface area contributed by atoms with E-state index < -0.39 is 0 Å². The Morgan fingerprint density at radius 1 is 0.857 bits per heavy atom. The van der Waals surface area contributed by atoms with Gasteiger partial charge in [0.1, 0.15) is 0 Å². The molecule has 1 aromatic heterocycles. The minimum atomic E-state index is 0.465. The molecule has 146 valence electrons. The first-order chi connectivity index (χ1) is 13.5. The standard InChI is InChI=1S/C22H28N6/c1-6-28(7-2)19-10-11-20(17(5)13-19)25-22-26-21(14-23-27-22)24-18-9-8-15(3)16(4)12-18/h8-14H,6-7H2,1-5H3,(H2,24,25,26,27). The molecule has 28 heavy (non-hydrogen) atoms. The molecule has 2 N–H and O–H groups in total. The third-order valence-electron chi connectivity index (χ3n) is 4.92. The van der Waals surface area contributed by atoms with Crippen molar-refractivity contribution in [3.63, 3.8) is 0 Å². The summed E-state index contributed by atoms with van der Waals surface area (Å²) in [6.45, 7) is 12.6. The molecule has 3 rings (SSSR count). The molecular formula is C22H28N6. The van der Waals surface area contributed by atoms with Gasteiger partial charge in [-0.3, -0.25) is 0 Å². The fourth-order valence-corrected chi connectivity index (χ4v) is 3.08. The van der Waals surface area contributed by atoms with E-state index in [1.165, 1.54) is 16.8 Å². The summed E-state index contributed by atoms with van der Waals surface area (Å²) in [5.41, 5.74) is 6.81. The third-order valence-corrected chi connectivity index (χ3v) is 4.92. The summed E-state index contributed by atoms with van der Waals surface area (Å²) >= 11 is 0. The van der Waals surface area contributed by atoms with Gasteiger partial charge in [-0.1, -0.05) is 6.07 Å². The maximum atomic E-state index is 4.54. The Labute approximate surface area is 167 Å². The average molecular weight is 377 g/mol. The van der Waals surface area contributed by atoms with Crippen LogP contribution in [0.4, 0.5) is 28.8 Å². The van der Waals surface area contributed by atoms with Crippen molar-refractivity contribution >= 4 is 28.8 Å². The zero-order valence-electron chi connectivity index (χ0n) is 17.2. The minimum Gasteiger partial charge on any atom is -0.372 e. The Morgan fingerprint density at radius 3 is 2.32 bits per heavy atom. The molecule has 3 aromatic rings. The zero-order chi connectivity index (χ0) is 20.1. The molecule has 0 bridgehead atoms. The van der Waals surface area contributed by atoms with Crippen LogP contribution >= 0.6 is 0 Å². The van der Waals surface area contributed by atoms with Crippen LogP contribution in [0.5, 0.6) is 0 Å². The molecule has 2 aromatic carbocycles. The molecule has 0 saturated carbocycles. The van der Waals surface area contributed by atoms with Crippen molar-refractivity contribution in [2.45, 2.75) is 34.6 Å². The molecular weight excluding hydrogens is 348 g/mol. The van der Waals surface area contributed by atoms with Gasteiger partial charge in [-0.2, -0.15) is 10.1 Å². The Balaban J connectivity index is 1.76. The van der Waals surface area contributed by atoms with E-state index in [4.69, 9.17) is 0 Å². The number of nitrogens with zero attached hydrogens (tertiary/aromatic N) is 4. The number of rotatable bonds is 7. The Hall–Kier alpha value is -3.15. The minimum absolute atomic E-state index is 0.465. The van der Waals surface area contributed by atoms with E-state index in [1.807, 2.05) is 6.07 Å². The second kappa shape index (κ2) is 8.69. The van der Waals surface area contributed by atoms with Crippen LogP contribution in [-0.4, -0.2) is 28.3 Å². The van der Waals surface area contributed by atoms with Crippen molar-refractivity contribution in [3.8, 4) is 0 Å². The molecule has 0 aliphatic carbocycles. The quantitative estimate of drug-likeness (QED) is 0.596. The molecule has 0 aliphatic heterocycles. The van der Waals surface area contributed by atoms with Gasteiger partial charge in [-0.25, -0.2) is 0 Å². The molecule has 0 radical (unpaired) electrons. The summed E-state index contributed by atoms with van der Waals surface area (Å²) < 4.78 is 0. The lowest BCUT2D eigenvalue weighted by Gasteiger charge is -2.22. The highest BCUT2D eigenvalue weighted by atomic mass is 15.3. The van der Waals surface area contributed by atoms with Gasteiger partial charge in [-0.05, 0) is 81.6 Å². The number of hydrogen-bond donors (Lipinski definition) is 2. The van der Waals surface area contributed by atoms with Crippen LogP contribution in [0.3, 0.4) is 0 Å². The highest BCUT2D eigenvalue weighted by Crippen LogP contribution is 2.25. The molecule has 6 heteroatoms. The maximum absolute atomic E-state index is 4.54. The van der Waals surface area contributed by atoms with Crippen LogP contribution in [-0.2, 0) is 0 Å². The Bertz CT molecular complexity index is 950. The highest BCUT2D eigenvalue weighted by Gasteiger charge is 2.08. The molecule has 0 saturated heterocycles. The van der Waals surface area contributed by atoms with E-state index in [0.29, 0.717) is 11.8 Å². The van der Waals surface area contributed by atoms with Crippen molar-refractivity contribution in [2.75, 3.05) is 28.6 Å². The summed E-state index contributed by atoms with van der Waals surface area (Å²) in [5.74, 6) is 1.12. The predicted molar refractivity (Wildman–Crippen MR) is 117 cm³/mol. The lowest BCUT2D eigenvalue weighted by atomic mass is 10.1. The molecule has 0 fully saturated rings. The molecule has 0 amide bonds. The van der Waals surface area contributed by atoms with Crippen LogP contribution < -0.4 is 15.5 Å². The predicted octanol–water partition coefficient (Wildman–Crippen LogP) is 5.13. The zero-order valence-corrected chi connectivity index (χ0v) is 17.2. The first kappa shape index (κ1) is 19.6. The first-order valence-electron chi connectivity index (χ1n) is 9.66. The first-order valence-corrected chi connectivity index (χ1v) is 9.66. The van der Waals surface area contributed by atoms with Crippen LogP contribution in [0.25, 0.3) is 0 Å². The monoisotopic (exact) mass is 376 g/mol. The van der Waals surface area contributed by atoms with Crippen molar-refractivity contribution in [1.29, 1.82) is 0 Å². The number of aryl methyl sites for hydroxylation is 3. The SMILES string of the molecule is CCN(CC)c1ccc(Nc2nncc(Nc3ccc(C)c(C)c3)n2)c(C)c1. The van der Waals surface area contributed by atoms with Gasteiger partial charge in [-0.15, -0.1) is 5.10 Å². The van der Waals surface area contributed by atoms with Crippen molar-refractivity contribution in [2.24, 2.45) is 0 Å². The second-order valence-corrected chi connectivity index (χ2v) is 6.89. The second-order valence-electron chi connectivity index (χ2n) is 6.89. The summed E-state index contributed by atoms with van der Waals surface area (Å²) in [6, 6.07) is 12.6. The molecule has 0 atom stereocenters. The van der Waals surface area contributed by atoms with E-state index in [0.717, 1.165) is 30.0 Å². The van der Waals surface area contributed by atoms with Crippen LogP contribution in [0.15, 0.2) is 42.6 Å². The average Bonchev–Trinajstić information content (AvgIpc) is 2.68. The van der Waals surface area contributed by atoms with Gasteiger partial charge in [0, 0.05) is 30.2 Å². The molecule has 1 heterocycles. The summed E-state index contributed by atoms with van der Waals surface area (Å²) in [6.07, 6.45) is 1.62. The molecule has 0 aliphatic rings. The lowest BCUT2D eigenvalue weighted by molar-refractivity contribution is 0.865. The summed E-state index contributed by atoms with van der Waals surface area (Å²) in [4.78, 5) is 6.86. The lowest BCUT2D eigenvalue weighted by Crippen LogP contribution is -2.21. The highest BCUT2D eigenvalue weighted by molar-refractivity contribution is 5.65. The summed E-state index contributed by atoms with van der Waals surface area (Å²) in [7, 11) is 0. The Morgan fingerprint density at radius 2 is 1.64 bits per heavy atom. The molecule has 0 unspecified atom stereocenters. The fourth-order valence-electron chi connectivity index (χ4n) is 3.08. The van der Waals surface area contributed by atoms with Crippen molar-refractivity contribution in [3.05, 3.63) is 59.3 Å². The van der Waals surface area contributed by atoms with Gasteiger partial charge in [0.25, 0.3) is 0 Å². The number of aromatic nitrogens is 3. The van der Waals surface area contributed by atoms with Gasteiger partial charge < -0.3 is 15.5 Å². The third kappa shape index (κ3) is 4.57. The van der Waals surface area contributed by atoms with E-state index >= 15 is 0 Å². The number of benzene rings is 2. The Kier molecular flexibility index (Phi) is 6.09. The number of hydrogen-bond acceptors (Lipinski definition) is 6. The van der Waals surface area contributed by atoms with Gasteiger partial charge in [0.15, 0.2) is 5.82 Å². The maximum Gasteiger partial charge on any atom is 0.249 e. The van der Waals surface area contributed by atoms with Crippen molar-refractivity contribution < 1.29 is 0 Å².